The number of nitrogens with zero attached hydrogens (tertiary/aromatic N) is 5. The number of ether oxygens (including phenoxy) is 1. The van der Waals surface area contributed by atoms with Crippen molar-refractivity contribution in [1.82, 2.24) is 9.66 Å². The van der Waals surface area contributed by atoms with Crippen LogP contribution in [-0.2, 0) is 0 Å². The fourth-order valence-corrected chi connectivity index (χ4v) is 3.83. The molecule has 0 amide bonds. The fourth-order valence-electron chi connectivity index (χ4n) is 3.83. The Morgan fingerprint density at radius 2 is 1.43 bits per heavy atom. The first kappa shape index (κ1) is 25.6. The van der Waals surface area contributed by atoms with Crippen molar-refractivity contribution in [3.8, 4) is 17.1 Å². The lowest BCUT2D eigenvalue weighted by Crippen LogP contribution is -2.20. The molecule has 0 unspecified atom stereocenters. The van der Waals surface area contributed by atoms with E-state index in [1.165, 1.54) is 60.8 Å². The summed E-state index contributed by atoms with van der Waals surface area (Å²) in [5.74, 6) is -0.463. The van der Waals surface area contributed by atoms with E-state index in [-0.39, 0.29) is 28.5 Å². The lowest BCUT2D eigenvalue weighted by atomic mass is 10.1. The van der Waals surface area contributed by atoms with Crippen LogP contribution in [0.5, 0.6) is 5.75 Å². The SMILES string of the molecule is O=C(Oc1ccccc1C=Nn1c(-c2ccc([N+](=O)[O-])cc2)nc2ccccc2c1=O)c1ccc([N+](=O)[O-])cc1. The largest absolute Gasteiger partial charge is 0.422 e. The minimum atomic E-state index is -0.744. The van der Waals surface area contributed by atoms with Crippen LogP contribution in [0.3, 0.4) is 0 Å². The fraction of sp³-hybridized carbons (Fsp3) is 0. The number of fused-ring (bicyclic) bond motifs is 1. The highest BCUT2D eigenvalue weighted by Crippen LogP contribution is 2.23. The van der Waals surface area contributed by atoms with E-state index in [0.29, 0.717) is 22.0 Å². The average molecular weight is 535 g/mol. The maximum absolute atomic E-state index is 13.4. The molecule has 0 saturated heterocycles. The number of para-hydroxylation sites is 2. The monoisotopic (exact) mass is 535 g/mol. The molecule has 0 aliphatic rings. The van der Waals surface area contributed by atoms with E-state index in [1.807, 2.05) is 0 Å². The van der Waals surface area contributed by atoms with E-state index in [0.717, 1.165) is 4.68 Å². The summed E-state index contributed by atoms with van der Waals surface area (Å²) in [5.41, 5.74) is 0.539. The molecule has 0 aliphatic heterocycles. The molecule has 4 aromatic carbocycles. The van der Waals surface area contributed by atoms with Gasteiger partial charge in [-0.1, -0.05) is 24.3 Å². The molecule has 5 rings (SSSR count). The lowest BCUT2D eigenvalue weighted by molar-refractivity contribution is -0.385. The van der Waals surface area contributed by atoms with Crippen LogP contribution >= 0.6 is 0 Å². The van der Waals surface area contributed by atoms with Crippen LogP contribution in [0.2, 0.25) is 0 Å². The average Bonchev–Trinajstić information content (AvgIpc) is 2.97. The highest BCUT2D eigenvalue weighted by Gasteiger charge is 2.16. The molecule has 0 saturated carbocycles. The molecule has 0 aliphatic carbocycles. The van der Waals surface area contributed by atoms with Crippen LogP contribution in [0.1, 0.15) is 15.9 Å². The number of carbonyl (C=O) groups is 1. The molecule has 0 spiro atoms. The molecule has 1 aromatic heterocycles. The van der Waals surface area contributed by atoms with Gasteiger partial charge in [-0.3, -0.25) is 25.0 Å². The van der Waals surface area contributed by atoms with Crippen LogP contribution in [0.4, 0.5) is 11.4 Å². The molecule has 0 bridgehead atoms. The molecular formula is C28H17N5O7. The van der Waals surface area contributed by atoms with Crippen LogP contribution in [0, 0.1) is 20.2 Å². The Labute approximate surface area is 224 Å². The number of aromatic nitrogens is 2. The third-order valence-corrected chi connectivity index (χ3v) is 5.84. The molecular weight excluding hydrogens is 518 g/mol. The Morgan fingerprint density at radius 1 is 0.825 bits per heavy atom. The zero-order valence-corrected chi connectivity index (χ0v) is 20.4. The second-order valence-electron chi connectivity index (χ2n) is 8.35. The lowest BCUT2D eigenvalue weighted by Gasteiger charge is -2.10. The van der Waals surface area contributed by atoms with Gasteiger partial charge in [0.25, 0.3) is 16.9 Å². The Kier molecular flexibility index (Phi) is 6.88. The maximum Gasteiger partial charge on any atom is 0.343 e. The topological polar surface area (TPSA) is 160 Å². The first-order chi connectivity index (χ1) is 19.3. The van der Waals surface area contributed by atoms with Crippen LogP contribution in [-0.4, -0.2) is 31.7 Å². The highest BCUT2D eigenvalue weighted by molar-refractivity contribution is 5.93. The predicted octanol–water partition coefficient (Wildman–Crippen LogP) is 4.98. The molecule has 0 atom stereocenters. The molecule has 1 heterocycles. The summed E-state index contributed by atoms with van der Waals surface area (Å²) in [6.07, 6.45) is 1.32. The van der Waals surface area contributed by atoms with Gasteiger partial charge < -0.3 is 4.74 Å². The number of nitro benzene ring substituents is 2. The minimum absolute atomic E-state index is 0.104. The van der Waals surface area contributed by atoms with Gasteiger partial charge in [-0.2, -0.15) is 9.78 Å². The van der Waals surface area contributed by atoms with Gasteiger partial charge >= 0.3 is 5.97 Å². The molecule has 0 fully saturated rings. The van der Waals surface area contributed by atoms with Crippen LogP contribution in [0.25, 0.3) is 22.3 Å². The van der Waals surface area contributed by atoms with Gasteiger partial charge in [-0.15, -0.1) is 0 Å². The number of esters is 1. The molecule has 5 aromatic rings. The van der Waals surface area contributed by atoms with E-state index in [2.05, 4.69) is 10.1 Å². The van der Waals surface area contributed by atoms with Crippen molar-refractivity contribution < 1.29 is 19.4 Å². The second kappa shape index (κ2) is 10.8. The van der Waals surface area contributed by atoms with Gasteiger partial charge in [0.05, 0.1) is 32.5 Å². The molecule has 196 valence electrons. The van der Waals surface area contributed by atoms with E-state index in [4.69, 9.17) is 4.74 Å². The van der Waals surface area contributed by atoms with Crippen LogP contribution in [0.15, 0.2) is 107 Å². The van der Waals surface area contributed by atoms with Gasteiger partial charge in [-0.25, -0.2) is 9.78 Å². The minimum Gasteiger partial charge on any atom is -0.422 e. The highest BCUT2D eigenvalue weighted by atomic mass is 16.6. The normalized spacial score (nSPS) is 11.0. The van der Waals surface area contributed by atoms with Crippen molar-refractivity contribution in [3.63, 3.8) is 0 Å². The summed E-state index contributed by atoms with van der Waals surface area (Å²) in [6.45, 7) is 0. The van der Waals surface area contributed by atoms with Crippen molar-refractivity contribution in [2.24, 2.45) is 5.10 Å². The molecule has 0 radical (unpaired) electrons. The van der Waals surface area contributed by atoms with Gasteiger partial charge in [0, 0.05) is 35.4 Å². The summed E-state index contributed by atoms with van der Waals surface area (Å²) in [6, 6.07) is 23.7. The van der Waals surface area contributed by atoms with Crippen LogP contribution < -0.4 is 10.3 Å². The number of benzene rings is 4. The molecule has 12 heteroatoms. The summed E-state index contributed by atoms with van der Waals surface area (Å²) in [5, 5.41) is 26.6. The Bertz CT molecular complexity index is 1860. The van der Waals surface area contributed by atoms with E-state index in [9.17, 15) is 29.8 Å². The number of carbonyl (C=O) groups excluding carboxylic acids is 1. The van der Waals surface area contributed by atoms with Crippen molar-refractivity contribution in [2.75, 3.05) is 0 Å². The van der Waals surface area contributed by atoms with E-state index in [1.54, 1.807) is 42.5 Å². The second-order valence-corrected chi connectivity index (χ2v) is 8.35. The Balaban J connectivity index is 1.53. The zero-order chi connectivity index (χ0) is 28.2. The number of non-ortho nitro benzene ring substituents is 2. The van der Waals surface area contributed by atoms with Gasteiger partial charge in [0.2, 0.25) is 0 Å². The van der Waals surface area contributed by atoms with Gasteiger partial charge in [-0.05, 0) is 48.5 Å². The number of hydrogen-bond acceptors (Lipinski definition) is 9. The zero-order valence-electron chi connectivity index (χ0n) is 20.4. The number of hydrogen-bond donors (Lipinski definition) is 0. The number of nitro groups is 2. The predicted molar refractivity (Wildman–Crippen MR) is 146 cm³/mol. The smallest absolute Gasteiger partial charge is 0.343 e. The van der Waals surface area contributed by atoms with Crippen molar-refractivity contribution in [1.29, 1.82) is 0 Å². The standard InChI is InChI=1S/C28H17N5O7/c34-27-23-6-2-3-7-24(23)30-26(18-9-13-21(14-10-18)32(36)37)31(27)29-17-20-5-1-4-8-25(20)40-28(35)19-11-15-22(16-12-19)33(38)39/h1-17H. The van der Waals surface area contributed by atoms with E-state index >= 15 is 0 Å². The summed E-state index contributed by atoms with van der Waals surface area (Å²) in [7, 11) is 0. The Hall–Kier alpha value is -6.04. The third-order valence-electron chi connectivity index (χ3n) is 5.84. The van der Waals surface area contributed by atoms with Crippen molar-refractivity contribution in [3.05, 3.63) is 139 Å². The maximum atomic E-state index is 13.4. The number of rotatable bonds is 7. The van der Waals surface area contributed by atoms with Gasteiger partial charge in [0.15, 0.2) is 5.82 Å². The van der Waals surface area contributed by atoms with Crippen molar-refractivity contribution in [2.45, 2.75) is 0 Å². The summed E-state index contributed by atoms with van der Waals surface area (Å²) in [4.78, 5) is 51.5. The van der Waals surface area contributed by atoms with Crippen molar-refractivity contribution >= 4 is 34.5 Å². The van der Waals surface area contributed by atoms with Gasteiger partial charge in [0.1, 0.15) is 5.75 Å². The van der Waals surface area contributed by atoms with E-state index < -0.39 is 21.4 Å². The summed E-state index contributed by atoms with van der Waals surface area (Å²) < 4.78 is 6.57. The molecule has 0 N–H and O–H groups in total. The first-order valence-electron chi connectivity index (χ1n) is 11.7. The third kappa shape index (κ3) is 5.17. The Morgan fingerprint density at radius 3 is 2.10 bits per heavy atom. The molecule has 12 nitrogen and oxygen atoms in total. The summed E-state index contributed by atoms with van der Waals surface area (Å²) >= 11 is 0. The first-order valence-corrected chi connectivity index (χ1v) is 11.7. The quantitative estimate of drug-likeness (QED) is 0.0927. The molecule has 40 heavy (non-hydrogen) atoms.